The van der Waals surface area contributed by atoms with Gasteiger partial charge in [-0.15, -0.1) is 0 Å². The number of hydrogen-bond acceptors (Lipinski definition) is 7. The highest BCUT2D eigenvalue weighted by atomic mass is 16.5. The van der Waals surface area contributed by atoms with E-state index in [1.807, 2.05) is 51.3 Å². The van der Waals surface area contributed by atoms with Gasteiger partial charge in [0.15, 0.2) is 5.82 Å². The summed E-state index contributed by atoms with van der Waals surface area (Å²) in [5.41, 5.74) is 1.54. The third-order valence-corrected chi connectivity index (χ3v) is 3.26. The van der Waals surface area contributed by atoms with Crippen LogP contribution in [0.2, 0.25) is 0 Å². The number of hydrogen-bond donors (Lipinski definition) is 1. The summed E-state index contributed by atoms with van der Waals surface area (Å²) >= 11 is 0. The Bertz CT molecular complexity index is 717. The molecule has 8 nitrogen and oxygen atoms in total. The number of carbonyl (C=O) groups is 1. The summed E-state index contributed by atoms with van der Waals surface area (Å²) in [4.78, 5) is 28.6. The predicted molar refractivity (Wildman–Crippen MR) is 92.6 cm³/mol. The van der Waals surface area contributed by atoms with Gasteiger partial charge in [-0.2, -0.15) is 15.0 Å². The predicted octanol–water partition coefficient (Wildman–Crippen LogP) is 0.942. The molecule has 0 unspecified atom stereocenters. The molecule has 24 heavy (non-hydrogen) atoms. The number of rotatable bonds is 6. The summed E-state index contributed by atoms with van der Waals surface area (Å²) in [5.74, 6) is 0.716. The molecule has 0 saturated carbocycles. The Labute approximate surface area is 141 Å². The van der Waals surface area contributed by atoms with Crippen molar-refractivity contribution in [3.8, 4) is 6.01 Å². The zero-order chi connectivity index (χ0) is 17.7. The summed E-state index contributed by atoms with van der Waals surface area (Å²) in [6, 6.07) is 7.60. The number of aromatic nitrogens is 3. The van der Waals surface area contributed by atoms with Crippen molar-refractivity contribution in [2.75, 3.05) is 45.1 Å². The fraction of sp³-hybridized carbons (Fsp3) is 0.375. The third-order valence-electron chi connectivity index (χ3n) is 3.26. The van der Waals surface area contributed by atoms with E-state index in [1.165, 1.54) is 7.11 Å². The van der Waals surface area contributed by atoms with Crippen LogP contribution in [0.15, 0.2) is 24.3 Å². The lowest BCUT2D eigenvalue weighted by molar-refractivity contribution is 0.0949. The van der Waals surface area contributed by atoms with Crippen molar-refractivity contribution >= 4 is 17.5 Å². The Morgan fingerprint density at radius 2 is 1.88 bits per heavy atom. The number of ether oxygens (including phenoxy) is 1. The molecule has 0 fully saturated rings. The van der Waals surface area contributed by atoms with Gasteiger partial charge in [0.05, 0.1) is 13.7 Å². The van der Waals surface area contributed by atoms with Crippen molar-refractivity contribution < 1.29 is 9.53 Å². The first-order valence-corrected chi connectivity index (χ1v) is 7.42. The van der Waals surface area contributed by atoms with Gasteiger partial charge in [0.1, 0.15) is 0 Å². The molecule has 0 radical (unpaired) electrons. The number of nitrogens with zero attached hydrogens (tertiary/aromatic N) is 5. The van der Waals surface area contributed by atoms with E-state index in [4.69, 9.17) is 4.74 Å². The molecule has 0 aliphatic heterocycles. The van der Waals surface area contributed by atoms with Crippen LogP contribution >= 0.6 is 0 Å². The van der Waals surface area contributed by atoms with E-state index in [9.17, 15) is 4.79 Å². The van der Waals surface area contributed by atoms with Crippen LogP contribution in [0.25, 0.3) is 0 Å². The summed E-state index contributed by atoms with van der Waals surface area (Å²) in [6.45, 7) is 0.185. The quantitative estimate of drug-likeness (QED) is 0.844. The number of amides is 1. The molecule has 1 amide bonds. The molecule has 0 aliphatic rings. The SMILES string of the molecule is COc1nc(CNC(=O)c2cccc(N(C)C)c2)nc(N(C)C)n1. The maximum atomic E-state index is 12.3. The smallest absolute Gasteiger partial charge is 0.321 e. The Kier molecular flexibility index (Phi) is 5.51. The van der Waals surface area contributed by atoms with E-state index in [0.717, 1.165) is 5.69 Å². The van der Waals surface area contributed by atoms with Crippen LogP contribution in [0.4, 0.5) is 11.6 Å². The molecule has 2 aromatic rings. The van der Waals surface area contributed by atoms with Crippen molar-refractivity contribution in [2.45, 2.75) is 6.54 Å². The lowest BCUT2D eigenvalue weighted by Gasteiger charge is -2.14. The minimum absolute atomic E-state index is 0.185. The third kappa shape index (κ3) is 4.31. The van der Waals surface area contributed by atoms with E-state index >= 15 is 0 Å². The van der Waals surface area contributed by atoms with E-state index < -0.39 is 0 Å². The average Bonchev–Trinajstić information content (AvgIpc) is 2.59. The number of benzene rings is 1. The van der Waals surface area contributed by atoms with Crippen LogP contribution in [-0.2, 0) is 6.54 Å². The number of nitrogens with one attached hydrogen (secondary N) is 1. The fourth-order valence-corrected chi connectivity index (χ4v) is 1.94. The highest BCUT2D eigenvalue weighted by Gasteiger charge is 2.11. The van der Waals surface area contributed by atoms with E-state index in [1.54, 1.807) is 11.0 Å². The minimum atomic E-state index is -0.190. The van der Waals surface area contributed by atoms with Gasteiger partial charge in [0.2, 0.25) is 5.95 Å². The van der Waals surface area contributed by atoms with Gasteiger partial charge in [-0.1, -0.05) is 6.07 Å². The average molecular weight is 330 g/mol. The zero-order valence-electron chi connectivity index (χ0n) is 14.6. The standard InChI is InChI=1S/C16H22N6O2/c1-21(2)12-8-6-7-11(9-12)14(23)17-10-13-18-15(22(3)4)20-16(19-13)24-5/h6-9H,10H2,1-5H3,(H,17,23). The number of anilines is 2. The summed E-state index contributed by atoms with van der Waals surface area (Å²) in [6.07, 6.45) is 0. The van der Waals surface area contributed by atoms with Gasteiger partial charge in [0, 0.05) is 39.4 Å². The largest absolute Gasteiger partial charge is 0.467 e. The zero-order valence-corrected chi connectivity index (χ0v) is 14.6. The molecule has 0 spiro atoms. The maximum absolute atomic E-state index is 12.3. The highest BCUT2D eigenvalue weighted by Crippen LogP contribution is 2.14. The van der Waals surface area contributed by atoms with Crippen LogP contribution in [0, 0.1) is 0 Å². The van der Waals surface area contributed by atoms with Crippen molar-refractivity contribution in [3.05, 3.63) is 35.7 Å². The molecule has 1 aromatic carbocycles. The Morgan fingerprint density at radius 1 is 1.12 bits per heavy atom. The molecule has 0 aliphatic carbocycles. The second kappa shape index (κ2) is 7.58. The van der Waals surface area contributed by atoms with E-state index in [0.29, 0.717) is 17.3 Å². The molecule has 1 aromatic heterocycles. The van der Waals surface area contributed by atoms with Crippen molar-refractivity contribution in [3.63, 3.8) is 0 Å². The van der Waals surface area contributed by atoms with Crippen LogP contribution in [0.1, 0.15) is 16.2 Å². The highest BCUT2D eigenvalue weighted by molar-refractivity contribution is 5.95. The molecular formula is C16H22N6O2. The topological polar surface area (TPSA) is 83.5 Å². The van der Waals surface area contributed by atoms with Crippen LogP contribution < -0.4 is 19.9 Å². The van der Waals surface area contributed by atoms with Crippen molar-refractivity contribution in [1.29, 1.82) is 0 Å². The number of methoxy groups -OCH3 is 1. The molecule has 2 rings (SSSR count). The summed E-state index contributed by atoms with van der Waals surface area (Å²) in [7, 11) is 8.99. The Balaban J connectivity index is 2.11. The van der Waals surface area contributed by atoms with Gasteiger partial charge in [-0.3, -0.25) is 4.79 Å². The monoisotopic (exact) mass is 330 g/mol. The molecule has 0 saturated heterocycles. The van der Waals surface area contributed by atoms with Gasteiger partial charge >= 0.3 is 6.01 Å². The van der Waals surface area contributed by atoms with Gasteiger partial charge in [-0.25, -0.2) is 0 Å². The first kappa shape index (κ1) is 17.5. The molecule has 1 heterocycles. The lowest BCUT2D eigenvalue weighted by Crippen LogP contribution is -2.25. The van der Waals surface area contributed by atoms with Gasteiger partial charge < -0.3 is 19.9 Å². The van der Waals surface area contributed by atoms with E-state index in [-0.39, 0.29) is 18.5 Å². The van der Waals surface area contributed by atoms with Crippen molar-refractivity contribution in [2.24, 2.45) is 0 Å². The molecular weight excluding hydrogens is 308 g/mol. The van der Waals surface area contributed by atoms with Gasteiger partial charge in [0.25, 0.3) is 5.91 Å². The Hall–Kier alpha value is -2.90. The number of carbonyl (C=O) groups excluding carboxylic acids is 1. The second-order valence-corrected chi connectivity index (χ2v) is 5.56. The van der Waals surface area contributed by atoms with Gasteiger partial charge in [-0.05, 0) is 18.2 Å². The van der Waals surface area contributed by atoms with Crippen LogP contribution in [-0.4, -0.2) is 56.2 Å². The maximum Gasteiger partial charge on any atom is 0.321 e. The first-order chi connectivity index (χ1) is 11.4. The fourth-order valence-electron chi connectivity index (χ4n) is 1.94. The summed E-state index contributed by atoms with van der Waals surface area (Å²) in [5, 5.41) is 2.81. The molecule has 8 heteroatoms. The molecule has 0 atom stereocenters. The van der Waals surface area contributed by atoms with Crippen LogP contribution in [0.3, 0.4) is 0 Å². The summed E-state index contributed by atoms with van der Waals surface area (Å²) < 4.78 is 5.07. The van der Waals surface area contributed by atoms with Crippen molar-refractivity contribution in [1.82, 2.24) is 20.3 Å². The first-order valence-electron chi connectivity index (χ1n) is 7.42. The Morgan fingerprint density at radius 3 is 2.50 bits per heavy atom. The molecule has 1 N–H and O–H groups in total. The molecule has 0 bridgehead atoms. The lowest BCUT2D eigenvalue weighted by atomic mass is 10.2. The van der Waals surface area contributed by atoms with E-state index in [2.05, 4.69) is 20.3 Å². The second-order valence-electron chi connectivity index (χ2n) is 5.56. The molecule has 128 valence electrons. The normalized spacial score (nSPS) is 10.2. The minimum Gasteiger partial charge on any atom is -0.467 e. The van der Waals surface area contributed by atoms with Crippen LogP contribution in [0.5, 0.6) is 6.01 Å².